The molecule has 1 atom stereocenters. The molecule has 21 heavy (non-hydrogen) atoms. The molecule has 0 aromatic carbocycles. The van der Waals surface area contributed by atoms with Gasteiger partial charge in [-0.15, -0.1) is 0 Å². The Balaban J connectivity index is -0.000000465. The van der Waals surface area contributed by atoms with E-state index in [0.29, 0.717) is 13.2 Å². The van der Waals surface area contributed by atoms with Gasteiger partial charge in [-0.1, -0.05) is 6.58 Å². The van der Waals surface area contributed by atoms with Crippen molar-refractivity contribution in [3.05, 3.63) is 12.8 Å². The van der Waals surface area contributed by atoms with Crippen molar-refractivity contribution in [2.45, 2.75) is 31.9 Å². The Morgan fingerprint density at radius 2 is 1.76 bits per heavy atom. The van der Waals surface area contributed by atoms with Crippen molar-refractivity contribution in [1.29, 1.82) is 0 Å². The van der Waals surface area contributed by atoms with Gasteiger partial charge < -0.3 is 19.4 Å². The van der Waals surface area contributed by atoms with E-state index < -0.39 is 33.2 Å². The topological polar surface area (TPSA) is 130 Å². The van der Waals surface area contributed by atoms with Crippen molar-refractivity contribution in [1.82, 2.24) is 0 Å². The minimum atomic E-state index is -4.92. The molecule has 8 nitrogen and oxygen atoms in total. The molecule has 1 N–H and O–H groups in total. The molecule has 0 aliphatic rings. The molecule has 0 bridgehead atoms. The van der Waals surface area contributed by atoms with E-state index in [0.717, 1.165) is 13.2 Å². The maximum absolute atomic E-state index is 11.1. The van der Waals surface area contributed by atoms with E-state index in [9.17, 15) is 23.1 Å². The summed E-state index contributed by atoms with van der Waals surface area (Å²) in [4.78, 5) is 21.4. The van der Waals surface area contributed by atoms with Gasteiger partial charge in [0.15, 0.2) is 4.75 Å². The SMILES string of the molecule is C=COC(=O)C(C)(CC(=O)[O-])S(=O)(=O)O.CCOCC.[Na+]. The van der Waals surface area contributed by atoms with E-state index in [1.54, 1.807) is 0 Å². The summed E-state index contributed by atoms with van der Waals surface area (Å²) in [6, 6.07) is 0. The largest absolute Gasteiger partial charge is 1.00 e. The summed E-state index contributed by atoms with van der Waals surface area (Å²) in [5.41, 5.74) is 0. The fourth-order valence-corrected chi connectivity index (χ4v) is 1.51. The van der Waals surface area contributed by atoms with Crippen molar-refractivity contribution in [2.75, 3.05) is 13.2 Å². The molecule has 0 spiro atoms. The molecule has 0 aliphatic heterocycles. The van der Waals surface area contributed by atoms with Crippen LogP contribution in [0.25, 0.3) is 0 Å². The average molecular weight is 334 g/mol. The first kappa shape index (κ1) is 25.5. The first-order chi connectivity index (χ1) is 9.06. The summed E-state index contributed by atoms with van der Waals surface area (Å²) < 4.78 is 36.8. The second-order valence-electron chi connectivity index (χ2n) is 3.61. The summed E-state index contributed by atoms with van der Waals surface area (Å²) in [6.45, 7) is 9.37. The van der Waals surface area contributed by atoms with Crippen LogP contribution in [0.15, 0.2) is 12.8 Å². The molecule has 0 saturated carbocycles. The van der Waals surface area contributed by atoms with E-state index in [2.05, 4.69) is 11.3 Å². The zero-order valence-electron chi connectivity index (χ0n) is 12.6. The number of hydrogen-bond acceptors (Lipinski definition) is 7. The quantitative estimate of drug-likeness (QED) is 0.220. The Labute approximate surface area is 146 Å². The fraction of sp³-hybridized carbons (Fsp3) is 0.636. The normalized spacial score (nSPS) is 12.8. The third-order valence-corrected chi connectivity index (χ3v) is 3.53. The molecular formula is C11H19NaO8S. The van der Waals surface area contributed by atoms with Gasteiger partial charge in [0, 0.05) is 25.6 Å². The number of esters is 1. The number of carbonyl (C=O) groups is 2. The van der Waals surface area contributed by atoms with Crippen LogP contribution in [0.3, 0.4) is 0 Å². The average Bonchev–Trinajstić information content (AvgIpc) is 2.28. The molecule has 0 aromatic heterocycles. The van der Waals surface area contributed by atoms with Gasteiger partial charge >= 0.3 is 35.5 Å². The van der Waals surface area contributed by atoms with Crippen molar-refractivity contribution >= 4 is 22.1 Å². The van der Waals surface area contributed by atoms with Crippen LogP contribution in [0.5, 0.6) is 0 Å². The van der Waals surface area contributed by atoms with Crippen LogP contribution < -0.4 is 34.7 Å². The summed E-state index contributed by atoms with van der Waals surface area (Å²) in [7, 11) is -4.92. The van der Waals surface area contributed by atoms with Crippen LogP contribution in [0.1, 0.15) is 27.2 Å². The summed E-state index contributed by atoms with van der Waals surface area (Å²) in [5.74, 6) is -3.25. The predicted octanol–water partition coefficient (Wildman–Crippen LogP) is -3.49. The monoisotopic (exact) mass is 334 g/mol. The van der Waals surface area contributed by atoms with Crippen molar-refractivity contribution in [3.63, 3.8) is 0 Å². The minimum absolute atomic E-state index is 0. The molecule has 0 aromatic rings. The van der Waals surface area contributed by atoms with Gasteiger partial charge in [0.05, 0.1) is 6.26 Å². The second-order valence-corrected chi connectivity index (χ2v) is 5.46. The molecule has 0 radical (unpaired) electrons. The molecule has 118 valence electrons. The number of carboxylic acid groups (broad SMARTS) is 1. The van der Waals surface area contributed by atoms with Gasteiger partial charge in [-0.2, -0.15) is 8.42 Å². The molecule has 0 heterocycles. The van der Waals surface area contributed by atoms with Gasteiger partial charge in [0.2, 0.25) is 0 Å². The number of carbonyl (C=O) groups excluding carboxylic acids is 2. The Morgan fingerprint density at radius 1 is 1.33 bits per heavy atom. The minimum Gasteiger partial charge on any atom is -0.550 e. The number of carboxylic acids is 1. The van der Waals surface area contributed by atoms with Gasteiger partial charge in [-0.05, 0) is 20.8 Å². The van der Waals surface area contributed by atoms with Crippen molar-refractivity contribution in [3.8, 4) is 0 Å². The third kappa shape index (κ3) is 9.99. The molecular weight excluding hydrogens is 315 g/mol. The summed E-state index contributed by atoms with van der Waals surface area (Å²) in [5, 5.41) is 10.3. The first-order valence-electron chi connectivity index (χ1n) is 5.63. The first-order valence-corrected chi connectivity index (χ1v) is 7.07. The van der Waals surface area contributed by atoms with Crippen molar-refractivity contribution in [2.24, 2.45) is 0 Å². The Kier molecular flexibility index (Phi) is 14.7. The molecule has 0 aliphatic carbocycles. The van der Waals surface area contributed by atoms with E-state index in [-0.39, 0.29) is 29.6 Å². The van der Waals surface area contributed by atoms with Crippen LogP contribution in [0, 0.1) is 0 Å². The van der Waals surface area contributed by atoms with Gasteiger partial charge in [0.25, 0.3) is 10.1 Å². The molecule has 10 heteroatoms. The van der Waals surface area contributed by atoms with Crippen LogP contribution >= 0.6 is 0 Å². The van der Waals surface area contributed by atoms with E-state index in [1.807, 2.05) is 13.8 Å². The van der Waals surface area contributed by atoms with Crippen LogP contribution in [0.2, 0.25) is 0 Å². The molecule has 0 fully saturated rings. The molecule has 0 rings (SSSR count). The van der Waals surface area contributed by atoms with E-state index in [4.69, 9.17) is 9.29 Å². The van der Waals surface area contributed by atoms with Gasteiger partial charge in [-0.25, -0.2) is 4.79 Å². The Bertz CT molecular complexity index is 432. The molecule has 1 unspecified atom stereocenters. The maximum atomic E-state index is 11.1. The predicted molar refractivity (Wildman–Crippen MR) is 68.0 cm³/mol. The van der Waals surface area contributed by atoms with Gasteiger partial charge in [0.1, 0.15) is 0 Å². The van der Waals surface area contributed by atoms with Crippen LogP contribution in [-0.2, 0) is 29.2 Å². The fourth-order valence-electron chi connectivity index (χ4n) is 0.949. The molecule has 0 saturated heterocycles. The second kappa shape index (κ2) is 12.1. The van der Waals surface area contributed by atoms with Gasteiger partial charge in [-0.3, -0.25) is 4.55 Å². The van der Waals surface area contributed by atoms with Crippen molar-refractivity contribution < 1.29 is 66.7 Å². The number of aliphatic carboxylic acids is 1. The van der Waals surface area contributed by atoms with E-state index >= 15 is 0 Å². The summed E-state index contributed by atoms with van der Waals surface area (Å²) >= 11 is 0. The molecule has 0 amide bonds. The maximum Gasteiger partial charge on any atom is 1.00 e. The zero-order chi connectivity index (χ0) is 16.4. The Hall–Kier alpha value is -0.450. The Morgan fingerprint density at radius 3 is 1.95 bits per heavy atom. The number of ether oxygens (including phenoxy) is 2. The van der Waals surface area contributed by atoms with E-state index in [1.165, 1.54) is 0 Å². The smallest absolute Gasteiger partial charge is 0.550 e. The standard InChI is InChI=1S/C7H10O7S.C4H10O.Na/c1-3-14-6(10)7(2,4-5(8)9)15(11,12)13;1-3-5-4-2;/h3H,1,4H2,2H3,(H,8,9)(H,11,12,13);3-4H2,1-2H3;/q;;+1/p-1. The zero-order valence-corrected chi connectivity index (χ0v) is 15.4. The summed E-state index contributed by atoms with van der Waals surface area (Å²) in [6.07, 6.45) is -0.584. The third-order valence-electron chi connectivity index (χ3n) is 2.08. The number of rotatable bonds is 7. The number of hydrogen-bond donors (Lipinski definition) is 1. The van der Waals surface area contributed by atoms with Crippen LogP contribution in [-0.4, -0.2) is 42.9 Å². The van der Waals surface area contributed by atoms with Crippen LogP contribution in [0.4, 0.5) is 0 Å².